The molecule has 0 heterocycles. The highest BCUT2D eigenvalue weighted by atomic mass is 16.1. The molecule has 1 fully saturated rings. The van der Waals surface area contributed by atoms with Crippen molar-refractivity contribution in [2.24, 2.45) is 11.7 Å². The van der Waals surface area contributed by atoms with Gasteiger partial charge < -0.3 is 11.1 Å². The van der Waals surface area contributed by atoms with Crippen molar-refractivity contribution in [3.8, 4) is 12.3 Å². The Bertz CT molecular complexity index is 468. The zero-order chi connectivity index (χ0) is 13.0. The second kappa shape index (κ2) is 5.70. The minimum Gasteiger partial charge on any atom is -0.328 e. The van der Waals surface area contributed by atoms with Gasteiger partial charge in [0.15, 0.2) is 0 Å². The third-order valence-corrected chi connectivity index (χ3v) is 3.44. The lowest BCUT2D eigenvalue weighted by molar-refractivity contribution is -0.120. The summed E-state index contributed by atoms with van der Waals surface area (Å²) in [5.74, 6) is 2.72. The van der Waals surface area contributed by atoms with Crippen LogP contribution in [-0.4, -0.2) is 11.9 Å². The number of carbonyl (C=O) groups excluding carboxylic acids is 1. The van der Waals surface area contributed by atoms with Crippen LogP contribution < -0.4 is 11.1 Å². The predicted molar refractivity (Wildman–Crippen MR) is 72.9 cm³/mol. The summed E-state index contributed by atoms with van der Waals surface area (Å²) in [6.07, 6.45) is 8.95. The molecule has 1 aliphatic carbocycles. The zero-order valence-electron chi connectivity index (χ0n) is 10.4. The first kappa shape index (κ1) is 12.7. The molecule has 1 saturated carbocycles. The topological polar surface area (TPSA) is 55.1 Å². The Hall–Kier alpha value is -1.79. The van der Waals surface area contributed by atoms with Gasteiger partial charge >= 0.3 is 0 Å². The summed E-state index contributed by atoms with van der Waals surface area (Å²) in [5.41, 5.74) is 7.38. The molecule has 1 aromatic carbocycles. The molecule has 0 radical (unpaired) electrons. The van der Waals surface area contributed by atoms with Crippen molar-refractivity contribution in [3.63, 3.8) is 0 Å². The van der Waals surface area contributed by atoms with E-state index in [4.69, 9.17) is 12.2 Å². The van der Waals surface area contributed by atoms with Crippen LogP contribution in [0.3, 0.4) is 0 Å². The molecule has 18 heavy (non-hydrogen) atoms. The standard InChI is InChI=1S/C15H18N2O/c1-2-11-4-3-5-14(10-11)17-15(18)12-6-8-13(16)9-7-12/h1,3-5,10,12-13H,6-9,16H2,(H,17,18). The van der Waals surface area contributed by atoms with Crippen LogP contribution in [0.5, 0.6) is 0 Å². The van der Waals surface area contributed by atoms with Gasteiger partial charge in [0, 0.05) is 23.2 Å². The van der Waals surface area contributed by atoms with Gasteiger partial charge in [-0.3, -0.25) is 4.79 Å². The fraction of sp³-hybridized carbons (Fsp3) is 0.400. The first-order valence-corrected chi connectivity index (χ1v) is 6.32. The van der Waals surface area contributed by atoms with Gasteiger partial charge in [0.05, 0.1) is 0 Å². The second-order valence-electron chi connectivity index (χ2n) is 4.83. The first-order valence-electron chi connectivity index (χ1n) is 6.32. The van der Waals surface area contributed by atoms with Gasteiger partial charge in [0.1, 0.15) is 0 Å². The fourth-order valence-corrected chi connectivity index (χ4v) is 2.31. The van der Waals surface area contributed by atoms with Crippen molar-refractivity contribution < 1.29 is 4.79 Å². The van der Waals surface area contributed by atoms with Crippen molar-refractivity contribution in [1.29, 1.82) is 0 Å². The lowest BCUT2D eigenvalue weighted by atomic mass is 9.86. The van der Waals surface area contributed by atoms with E-state index in [0.29, 0.717) is 0 Å². The van der Waals surface area contributed by atoms with E-state index in [1.54, 1.807) is 0 Å². The molecule has 0 spiro atoms. The summed E-state index contributed by atoms with van der Waals surface area (Å²) < 4.78 is 0. The summed E-state index contributed by atoms with van der Waals surface area (Å²) >= 11 is 0. The largest absolute Gasteiger partial charge is 0.328 e. The molecular weight excluding hydrogens is 224 g/mol. The molecule has 0 aliphatic heterocycles. The van der Waals surface area contributed by atoms with Crippen molar-refractivity contribution in [3.05, 3.63) is 29.8 Å². The highest BCUT2D eigenvalue weighted by molar-refractivity contribution is 5.92. The molecule has 3 N–H and O–H groups in total. The van der Waals surface area contributed by atoms with Gasteiger partial charge in [-0.2, -0.15) is 0 Å². The van der Waals surface area contributed by atoms with Crippen molar-refractivity contribution in [2.75, 3.05) is 5.32 Å². The first-order chi connectivity index (χ1) is 8.69. The van der Waals surface area contributed by atoms with Crippen LogP contribution in [0.15, 0.2) is 24.3 Å². The molecule has 3 heteroatoms. The Morgan fingerprint density at radius 1 is 1.33 bits per heavy atom. The average molecular weight is 242 g/mol. The van der Waals surface area contributed by atoms with Gasteiger partial charge in [-0.1, -0.05) is 12.0 Å². The van der Waals surface area contributed by atoms with Crippen LogP contribution in [0.1, 0.15) is 31.2 Å². The Balaban J connectivity index is 1.96. The van der Waals surface area contributed by atoms with Gasteiger partial charge in [-0.25, -0.2) is 0 Å². The summed E-state index contributed by atoms with van der Waals surface area (Å²) in [5, 5.41) is 2.93. The van der Waals surface area contributed by atoms with Crippen molar-refractivity contribution in [2.45, 2.75) is 31.7 Å². The maximum Gasteiger partial charge on any atom is 0.227 e. The molecule has 0 bridgehead atoms. The summed E-state index contributed by atoms with van der Waals surface area (Å²) in [6.45, 7) is 0. The molecule has 0 aromatic heterocycles. The molecule has 1 amide bonds. The Morgan fingerprint density at radius 2 is 2.06 bits per heavy atom. The molecule has 0 atom stereocenters. The maximum absolute atomic E-state index is 12.1. The molecule has 0 saturated heterocycles. The van der Waals surface area contributed by atoms with Crippen LogP contribution in [0.25, 0.3) is 0 Å². The van der Waals surface area contributed by atoms with Crippen LogP contribution in [0.2, 0.25) is 0 Å². The second-order valence-corrected chi connectivity index (χ2v) is 4.83. The van der Waals surface area contributed by atoms with Crippen LogP contribution in [0, 0.1) is 18.3 Å². The summed E-state index contributed by atoms with van der Waals surface area (Å²) in [7, 11) is 0. The van der Waals surface area contributed by atoms with Crippen molar-refractivity contribution in [1.82, 2.24) is 0 Å². The quantitative estimate of drug-likeness (QED) is 0.780. The number of carbonyl (C=O) groups is 1. The number of nitrogens with two attached hydrogens (primary N) is 1. The highest BCUT2D eigenvalue weighted by Gasteiger charge is 2.24. The molecule has 1 aromatic rings. The molecular formula is C15H18N2O. The summed E-state index contributed by atoms with van der Waals surface area (Å²) in [4.78, 5) is 12.1. The third-order valence-electron chi connectivity index (χ3n) is 3.44. The number of terminal acetylenes is 1. The highest BCUT2D eigenvalue weighted by Crippen LogP contribution is 2.24. The van der Waals surface area contributed by atoms with Gasteiger partial charge in [-0.15, -0.1) is 6.42 Å². The van der Waals surface area contributed by atoms with E-state index >= 15 is 0 Å². The Labute approximate surface area is 108 Å². The normalized spacial score (nSPS) is 23.1. The van der Waals surface area contributed by atoms with E-state index in [2.05, 4.69) is 11.2 Å². The molecule has 3 nitrogen and oxygen atoms in total. The third kappa shape index (κ3) is 3.12. The Morgan fingerprint density at radius 3 is 2.72 bits per heavy atom. The van der Waals surface area contributed by atoms with E-state index in [9.17, 15) is 4.79 Å². The minimum atomic E-state index is 0.0797. The van der Waals surface area contributed by atoms with Crippen LogP contribution >= 0.6 is 0 Å². The Kier molecular flexibility index (Phi) is 4.01. The predicted octanol–water partition coefficient (Wildman–Crippen LogP) is 2.12. The average Bonchev–Trinajstić information content (AvgIpc) is 2.39. The van der Waals surface area contributed by atoms with Crippen LogP contribution in [0.4, 0.5) is 5.69 Å². The monoisotopic (exact) mass is 242 g/mol. The number of hydrogen-bond donors (Lipinski definition) is 2. The van der Waals surface area contributed by atoms with Gasteiger partial charge in [0.25, 0.3) is 0 Å². The number of hydrogen-bond acceptors (Lipinski definition) is 2. The smallest absolute Gasteiger partial charge is 0.227 e. The lowest BCUT2D eigenvalue weighted by Gasteiger charge is -2.25. The van der Waals surface area contributed by atoms with E-state index < -0.39 is 0 Å². The number of nitrogens with one attached hydrogen (secondary N) is 1. The summed E-state index contributed by atoms with van der Waals surface area (Å²) in [6, 6.07) is 7.62. The van der Waals surface area contributed by atoms with E-state index in [0.717, 1.165) is 36.9 Å². The van der Waals surface area contributed by atoms with E-state index in [-0.39, 0.29) is 17.9 Å². The minimum absolute atomic E-state index is 0.0797. The molecule has 1 aliphatic rings. The molecule has 2 rings (SSSR count). The lowest BCUT2D eigenvalue weighted by Crippen LogP contribution is -2.32. The SMILES string of the molecule is C#Cc1cccc(NC(=O)C2CCC(N)CC2)c1. The van der Waals surface area contributed by atoms with E-state index in [1.807, 2.05) is 24.3 Å². The number of rotatable bonds is 2. The fourth-order valence-electron chi connectivity index (χ4n) is 2.31. The van der Waals surface area contributed by atoms with Gasteiger partial charge in [0.2, 0.25) is 5.91 Å². The number of anilines is 1. The number of amides is 1. The van der Waals surface area contributed by atoms with Crippen LogP contribution in [-0.2, 0) is 4.79 Å². The molecule has 94 valence electrons. The maximum atomic E-state index is 12.1. The van der Waals surface area contributed by atoms with Crippen molar-refractivity contribution >= 4 is 11.6 Å². The zero-order valence-corrected chi connectivity index (χ0v) is 10.4. The van der Waals surface area contributed by atoms with E-state index in [1.165, 1.54) is 0 Å². The van der Waals surface area contributed by atoms with Gasteiger partial charge in [-0.05, 0) is 43.9 Å². The molecule has 0 unspecified atom stereocenters. The number of benzene rings is 1.